The van der Waals surface area contributed by atoms with Crippen molar-refractivity contribution in [2.45, 2.75) is 64.7 Å². The van der Waals surface area contributed by atoms with Crippen LogP contribution in [0, 0.1) is 12.8 Å². The second-order valence-electron chi connectivity index (χ2n) is 5.61. The van der Waals surface area contributed by atoms with Crippen LogP contribution in [0.3, 0.4) is 0 Å². The molecular weight excluding hydrogens is 240 g/mol. The fourth-order valence-corrected chi connectivity index (χ4v) is 4.35. The highest BCUT2D eigenvalue weighted by atomic mass is 32.1. The van der Waals surface area contributed by atoms with E-state index in [1.54, 1.807) is 0 Å². The van der Waals surface area contributed by atoms with E-state index in [9.17, 15) is 0 Å². The summed E-state index contributed by atoms with van der Waals surface area (Å²) in [5.41, 5.74) is 6.87. The zero-order valence-electron chi connectivity index (χ0n) is 11.7. The molecule has 102 valence electrons. The maximum Gasteiger partial charge on any atom is 0.0961 e. The maximum absolute atomic E-state index is 5.65. The Labute approximate surface area is 115 Å². The Morgan fingerprint density at radius 2 is 2.00 bits per heavy atom. The zero-order chi connectivity index (χ0) is 13.0. The summed E-state index contributed by atoms with van der Waals surface area (Å²) in [5.74, 6) is 1.71. The van der Waals surface area contributed by atoms with E-state index in [0.29, 0.717) is 0 Å². The van der Waals surface area contributed by atoms with Gasteiger partial charge < -0.3 is 5.73 Å². The van der Waals surface area contributed by atoms with Crippen LogP contribution in [0.15, 0.2) is 0 Å². The van der Waals surface area contributed by atoms with Crippen LogP contribution >= 0.6 is 11.3 Å². The first kappa shape index (κ1) is 14.0. The first-order valence-electron chi connectivity index (χ1n) is 7.40. The van der Waals surface area contributed by atoms with Crippen molar-refractivity contribution in [1.29, 1.82) is 0 Å². The van der Waals surface area contributed by atoms with E-state index < -0.39 is 0 Å². The Kier molecular flexibility index (Phi) is 5.19. The van der Waals surface area contributed by atoms with Gasteiger partial charge >= 0.3 is 0 Å². The van der Waals surface area contributed by atoms with Gasteiger partial charge in [-0.2, -0.15) is 0 Å². The summed E-state index contributed by atoms with van der Waals surface area (Å²) in [6.45, 7) is 5.18. The number of nitrogens with two attached hydrogens (primary N) is 1. The Morgan fingerprint density at radius 1 is 1.28 bits per heavy atom. The van der Waals surface area contributed by atoms with E-state index in [1.165, 1.54) is 54.1 Å². The molecule has 1 aromatic heterocycles. The van der Waals surface area contributed by atoms with Gasteiger partial charge in [0, 0.05) is 10.8 Å². The van der Waals surface area contributed by atoms with Gasteiger partial charge in [-0.1, -0.05) is 19.8 Å². The van der Waals surface area contributed by atoms with E-state index in [1.807, 2.05) is 11.3 Å². The SMILES string of the molecule is CCCC1CCC(c2nc(C)c(CCN)s2)CC1. The van der Waals surface area contributed by atoms with Crippen molar-refractivity contribution < 1.29 is 0 Å². The number of aromatic nitrogens is 1. The van der Waals surface area contributed by atoms with E-state index in [0.717, 1.165) is 24.8 Å². The summed E-state index contributed by atoms with van der Waals surface area (Å²) in [6.07, 6.45) is 9.26. The number of hydrogen-bond acceptors (Lipinski definition) is 3. The molecule has 0 bridgehead atoms. The van der Waals surface area contributed by atoms with Crippen molar-refractivity contribution in [2.75, 3.05) is 6.54 Å². The van der Waals surface area contributed by atoms with Crippen molar-refractivity contribution >= 4 is 11.3 Å². The van der Waals surface area contributed by atoms with E-state index in [4.69, 9.17) is 10.7 Å². The van der Waals surface area contributed by atoms with Crippen LogP contribution in [-0.4, -0.2) is 11.5 Å². The molecule has 0 unspecified atom stereocenters. The minimum atomic E-state index is 0.730. The molecule has 0 radical (unpaired) electrons. The normalized spacial score (nSPS) is 24.4. The lowest BCUT2D eigenvalue weighted by molar-refractivity contribution is 0.308. The number of hydrogen-bond donors (Lipinski definition) is 1. The van der Waals surface area contributed by atoms with Gasteiger partial charge in [0.25, 0.3) is 0 Å². The first-order valence-corrected chi connectivity index (χ1v) is 8.22. The first-order chi connectivity index (χ1) is 8.74. The molecule has 0 aliphatic heterocycles. The molecule has 2 N–H and O–H groups in total. The molecule has 1 aliphatic carbocycles. The average Bonchev–Trinajstić information content (AvgIpc) is 2.73. The Bertz CT molecular complexity index is 365. The van der Waals surface area contributed by atoms with Gasteiger partial charge in [0.1, 0.15) is 0 Å². The molecule has 1 saturated carbocycles. The number of nitrogens with zero attached hydrogens (tertiary/aromatic N) is 1. The van der Waals surface area contributed by atoms with Gasteiger partial charge in [-0.25, -0.2) is 4.98 Å². The van der Waals surface area contributed by atoms with Crippen molar-refractivity contribution in [2.24, 2.45) is 11.7 Å². The Morgan fingerprint density at radius 3 is 2.61 bits per heavy atom. The number of rotatable bonds is 5. The van der Waals surface area contributed by atoms with Gasteiger partial charge in [0.05, 0.1) is 10.7 Å². The summed E-state index contributed by atoms with van der Waals surface area (Å²) in [5, 5.41) is 1.38. The third-order valence-corrected chi connectivity index (χ3v) is 5.55. The lowest BCUT2D eigenvalue weighted by atomic mass is 9.80. The predicted molar refractivity (Wildman–Crippen MR) is 79.2 cm³/mol. The van der Waals surface area contributed by atoms with Crippen molar-refractivity contribution in [3.05, 3.63) is 15.6 Å². The summed E-state index contributed by atoms with van der Waals surface area (Å²) >= 11 is 1.91. The molecule has 2 nitrogen and oxygen atoms in total. The molecule has 2 rings (SSSR count). The topological polar surface area (TPSA) is 38.9 Å². The van der Waals surface area contributed by atoms with Gasteiger partial charge in [-0.15, -0.1) is 11.3 Å². The van der Waals surface area contributed by atoms with Crippen molar-refractivity contribution in [1.82, 2.24) is 4.98 Å². The summed E-state index contributed by atoms with van der Waals surface area (Å²) in [6, 6.07) is 0. The summed E-state index contributed by atoms with van der Waals surface area (Å²) in [7, 11) is 0. The Balaban J connectivity index is 1.94. The fourth-order valence-electron chi connectivity index (χ4n) is 3.09. The van der Waals surface area contributed by atoms with Gasteiger partial charge in [0.2, 0.25) is 0 Å². The molecular formula is C15H26N2S. The molecule has 1 fully saturated rings. The van der Waals surface area contributed by atoms with E-state index in [-0.39, 0.29) is 0 Å². The van der Waals surface area contributed by atoms with Crippen molar-refractivity contribution in [3.8, 4) is 0 Å². The van der Waals surface area contributed by atoms with Crippen LogP contribution in [0.4, 0.5) is 0 Å². The lowest BCUT2D eigenvalue weighted by Gasteiger charge is -2.26. The molecule has 18 heavy (non-hydrogen) atoms. The van der Waals surface area contributed by atoms with Crippen LogP contribution in [0.1, 0.15) is 66.9 Å². The highest BCUT2D eigenvalue weighted by molar-refractivity contribution is 7.11. The fraction of sp³-hybridized carbons (Fsp3) is 0.800. The molecule has 0 aromatic carbocycles. The maximum atomic E-state index is 5.65. The Hall–Kier alpha value is -0.410. The van der Waals surface area contributed by atoms with Crippen LogP contribution in [0.2, 0.25) is 0 Å². The lowest BCUT2D eigenvalue weighted by Crippen LogP contribution is -2.13. The van der Waals surface area contributed by atoms with Gasteiger partial charge in [-0.3, -0.25) is 0 Å². The smallest absolute Gasteiger partial charge is 0.0961 e. The third-order valence-electron chi connectivity index (χ3n) is 4.17. The second kappa shape index (κ2) is 6.67. The van der Waals surface area contributed by atoms with E-state index >= 15 is 0 Å². The standard InChI is InChI=1S/C15H26N2S/c1-3-4-12-5-7-13(8-6-12)15-17-11(2)14(18-15)9-10-16/h12-13H,3-10,16H2,1-2H3. The average molecular weight is 266 g/mol. The highest BCUT2D eigenvalue weighted by Crippen LogP contribution is 2.39. The molecule has 1 aromatic rings. The summed E-state index contributed by atoms with van der Waals surface area (Å²) in [4.78, 5) is 6.19. The number of thiazole rings is 1. The highest BCUT2D eigenvalue weighted by Gasteiger charge is 2.24. The molecule has 0 spiro atoms. The van der Waals surface area contributed by atoms with Crippen molar-refractivity contribution in [3.63, 3.8) is 0 Å². The molecule has 3 heteroatoms. The monoisotopic (exact) mass is 266 g/mol. The quantitative estimate of drug-likeness (QED) is 0.874. The van der Waals surface area contributed by atoms with Gasteiger partial charge in [-0.05, 0) is 51.5 Å². The minimum Gasteiger partial charge on any atom is -0.330 e. The largest absolute Gasteiger partial charge is 0.330 e. The molecule has 1 heterocycles. The van der Waals surface area contributed by atoms with Crippen LogP contribution in [-0.2, 0) is 6.42 Å². The minimum absolute atomic E-state index is 0.730. The third kappa shape index (κ3) is 3.33. The molecule has 0 saturated heterocycles. The zero-order valence-corrected chi connectivity index (χ0v) is 12.6. The second-order valence-corrected chi connectivity index (χ2v) is 6.72. The molecule has 0 atom stereocenters. The van der Waals surface area contributed by atoms with Crippen LogP contribution in [0.5, 0.6) is 0 Å². The van der Waals surface area contributed by atoms with Gasteiger partial charge in [0.15, 0.2) is 0 Å². The van der Waals surface area contributed by atoms with Crippen LogP contribution < -0.4 is 5.73 Å². The number of aryl methyl sites for hydroxylation is 1. The van der Waals surface area contributed by atoms with Crippen LogP contribution in [0.25, 0.3) is 0 Å². The predicted octanol–water partition coefficient (Wildman–Crippen LogP) is 4.03. The molecule has 0 amide bonds. The van der Waals surface area contributed by atoms with E-state index in [2.05, 4.69) is 13.8 Å². The summed E-state index contributed by atoms with van der Waals surface area (Å²) < 4.78 is 0. The molecule has 1 aliphatic rings.